The van der Waals surface area contributed by atoms with Gasteiger partial charge in [-0.2, -0.15) is 0 Å². The second kappa shape index (κ2) is 4.30. The minimum atomic E-state index is 0.548. The van der Waals surface area contributed by atoms with Crippen molar-refractivity contribution in [2.45, 2.75) is 0 Å². The summed E-state index contributed by atoms with van der Waals surface area (Å²) in [5.74, 6) is 3.35. The van der Waals surface area contributed by atoms with E-state index in [1.54, 1.807) is 7.11 Å². The van der Waals surface area contributed by atoms with Gasteiger partial charge in [0, 0.05) is 5.69 Å². The smallest absolute Gasteiger partial charge is 0.119 e. The van der Waals surface area contributed by atoms with Crippen LogP contribution in [0.3, 0.4) is 0 Å². The van der Waals surface area contributed by atoms with Gasteiger partial charge in [0.05, 0.1) is 13.7 Å². The predicted molar refractivity (Wildman–Crippen MR) is 50.3 cm³/mol. The maximum absolute atomic E-state index is 5.10. The molecule has 0 radical (unpaired) electrons. The second-order valence-electron chi connectivity index (χ2n) is 2.29. The molecule has 62 valence electrons. The molecule has 0 aliphatic heterocycles. The van der Waals surface area contributed by atoms with E-state index in [1.807, 2.05) is 24.3 Å². The molecule has 2 nitrogen and oxygen atoms in total. The first-order valence-corrected chi connectivity index (χ1v) is 3.68. The van der Waals surface area contributed by atoms with E-state index in [1.165, 1.54) is 0 Å². The highest BCUT2D eigenvalue weighted by molar-refractivity contribution is 5.46. The number of benzene rings is 1. The largest absolute Gasteiger partial charge is 0.497 e. The molecule has 0 heterocycles. The van der Waals surface area contributed by atoms with Gasteiger partial charge in [0.15, 0.2) is 0 Å². The first-order chi connectivity index (χ1) is 5.86. The summed E-state index contributed by atoms with van der Waals surface area (Å²) in [5, 5.41) is 3.05. The van der Waals surface area contributed by atoms with E-state index in [-0.39, 0.29) is 0 Å². The summed E-state index contributed by atoms with van der Waals surface area (Å²) in [6.45, 7) is 0.548. The maximum atomic E-state index is 5.10. The van der Waals surface area contributed by atoms with Crippen molar-refractivity contribution in [3.05, 3.63) is 24.3 Å². The van der Waals surface area contributed by atoms with Gasteiger partial charge in [0.2, 0.25) is 0 Å². The first kappa shape index (κ1) is 8.48. The van der Waals surface area contributed by atoms with Crippen molar-refractivity contribution in [2.75, 3.05) is 19.0 Å². The Hall–Kier alpha value is -1.62. The summed E-state index contributed by atoms with van der Waals surface area (Å²) < 4.78 is 5.01. The Morgan fingerprint density at radius 3 is 2.58 bits per heavy atom. The number of hydrogen-bond donors (Lipinski definition) is 1. The molecule has 0 atom stereocenters. The third kappa shape index (κ3) is 2.21. The predicted octanol–water partition coefficient (Wildman–Crippen LogP) is 1.74. The molecule has 0 amide bonds. The molecule has 1 aromatic rings. The molecule has 0 unspecified atom stereocenters. The van der Waals surface area contributed by atoms with Crippen LogP contribution in [0.15, 0.2) is 24.3 Å². The van der Waals surface area contributed by atoms with Crippen LogP contribution in [-0.4, -0.2) is 13.7 Å². The fourth-order valence-corrected chi connectivity index (χ4v) is 0.862. The van der Waals surface area contributed by atoms with Gasteiger partial charge in [0.25, 0.3) is 0 Å². The van der Waals surface area contributed by atoms with Crippen molar-refractivity contribution in [1.29, 1.82) is 0 Å². The van der Waals surface area contributed by atoms with Crippen molar-refractivity contribution in [2.24, 2.45) is 0 Å². The van der Waals surface area contributed by atoms with Crippen molar-refractivity contribution in [1.82, 2.24) is 0 Å². The minimum absolute atomic E-state index is 0.548. The highest BCUT2D eigenvalue weighted by Gasteiger charge is 1.90. The normalized spacial score (nSPS) is 8.67. The van der Waals surface area contributed by atoms with Gasteiger partial charge in [-0.05, 0) is 24.3 Å². The lowest BCUT2D eigenvalue weighted by Crippen LogP contribution is -1.97. The van der Waals surface area contributed by atoms with Crippen molar-refractivity contribution in [3.63, 3.8) is 0 Å². The quantitative estimate of drug-likeness (QED) is 0.682. The van der Waals surface area contributed by atoms with E-state index in [0.717, 1.165) is 11.4 Å². The highest BCUT2D eigenvalue weighted by atomic mass is 16.5. The number of methoxy groups -OCH3 is 1. The van der Waals surface area contributed by atoms with Crippen LogP contribution >= 0.6 is 0 Å². The third-order valence-electron chi connectivity index (χ3n) is 1.48. The van der Waals surface area contributed by atoms with Crippen molar-refractivity contribution in [3.8, 4) is 18.1 Å². The SMILES string of the molecule is C#CCNc1ccc(OC)cc1. The van der Waals surface area contributed by atoms with E-state index in [9.17, 15) is 0 Å². The second-order valence-corrected chi connectivity index (χ2v) is 2.29. The number of nitrogens with one attached hydrogen (secondary N) is 1. The van der Waals surface area contributed by atoms with Gasteiger partial charge in [0.1, 0.15) is 5.75 Å². The lowest BCUT2D eigenvalue weighted by molar-refractivity contribution is 0.415. The van der Waals surface area contributed by atoms with Gasteiger partial charge >= 0.3 is 0 Å². The molecular weight excluding hydrogens is 150 g/mol. The molecule has 0 spiro atoms. The van der Waals surface area contributed by atoms with Crippen LogP contribution in [0.1, 0.15) is 0 Å². The maximum Gasteiger partial charge on any atom is 0.119 e. The molecule has 0 aromatic heterocycles. The Morgan fingerprint density at radius 2 is 2.08 bits per heavy atom. The Bertz CT molecular complexity index is 271. The summed E-state index contributed by atoms with van der Waals surface area (Å²) in [6.07, 6.45) is 5.10. The molecule has 0 aliphatic rings. The first-order valence-electron chi connectivity index (χ1n) is 3.68. The van der Waals surface area contributed by atoms with Crippen molar-refractivity contribution < 1.29 is 4.74 Å². The minimum Gasteiger partial charge on any atom is -0.497 e. The fraction of sp³-hybridized carbons (Fsp3) is 0.200. The molecule has 2 heteroatoms. The summed E-state index contributed by atoms with van der Waals surface area (Å²) in [4.78, 5) is 0. The number of rotatable bonds is 3. The van der Waals surface area contributed by atoms with Crippen LogP contribution < -0.4 is 10.1 Å². The van der Waals surface area contributed by atoms with E-state index in [2.05, 4.69) is 11.2 Å². The zero-order valence-corrected chi connectivity index (χ0v) is 7.00. The number of anilines is 1. The molecular formula is C10H11NO. The van der Waals surface area contributed by atoms with Gasteiger partial charge in [-0.3, -0.25) is 0 Å². The standard InChI is InChI=1S/C10H11NO/c1-3-8-11-9-4-6-10(12-2)7-5-9/h1,4-7,11H,8H2,2H3. The Labute approximate surface area is 72.6 Å². The molecule has 12 heavy (non-hydrogen) atoms. The summed E-state index contributed by atoms with van der Waals surface area (Å²) in [6, 6.07) is 7.63. The number of terminal acetylenes is 1. The Kier molecular flexibility index (Phi) is 3.04. The fourth-order valence-electron chi connectivity index (χ4n) is 0.862. The van der Waals surface area contributed by atoms with Crippen LogP contribution in [0, 0.1) is 12.3 Å². The number of hydrogen-bond acceptors (Lipinski definition) is 2. The van der Waals surface area contributed by atoms with E-state index < -0.39 is 0 Å². The van der Waals surface area contributed by atoms with Crippen LogP contribution in [-0.2, 0) is 0 Å². The zero-order valence-electron chi connectivity index (χ0n) is 7.00. The monoisotopic (exact) mass is 161 g/mol. The molecule has 0 saturated heterocycles. The van der Waals surface area contributed by atoms with E-state index >= 15 is 0 Å². The molecule has 1 aromatic carbocycles. The highest BCUT2D eigenvalue weighted by Crippen LogP contribution is 2.14. The van der Waals surface area contributed by atoms with E-state index in [4.69, 9.17) is 11.2 Å². The summed E-state index contributed by atoms with van der Waals surface area (Å²) in [5.41, 5.74) is 1.01. The van der Waals surface area contributed by atoms with E-state index in [0.29, 0.717) is 6.54 Å². The topological polar surface area (TPSA) is 21.3 Å². The molecule has 0 aliphatic carbocycles. The average Bonchev–Trinajstić information content (AvgIpc) is 2.15. The van der Waals surface area contributed by atoms with Gasteiger partial charge in [-0.1, -0.05) is 5.92 Å². The number of ether oxygens (including phenoxy) is 1. The van der Waals surface area contributed by atoms with Crippen LogP contribution in [0.4, 0.5) is 5.69 Å². The lowest BCUT2D eigenvalue weighted by Gasteiger charge is -2.03. The van der Waals surface area contributed by atoms with Crippen LogP contribution in [0.5, 0.6) is 5.75 Å². The van der Waals surface area contributed by atoms with Crippen LogP contribution in [0.25, 0.3) is 0 Å². The molecule has 1 N–H and O–H groups in total. The van der Waals surface area contributed by atoms with Gasteiger partial charge in [-0.15, -0.1) is 6.42 Å². The van der Waals surface area contributed by atoms with Gasteiger partial charge < -0.3 is 10.1 Å². The Morgan fingerprint density at radius 1 is 1.42 bits per heavy atom. The molecule has 1 rings (SSSR count). The lowest BCUT2D eigenvalue weighted by atomic mass is 10.3. The molecule has 0 fully saturated rings. The summed E-state index contributed by atoms with van der Waals surface area (Å²) >= 11 is 0. The van der Waals surface area contributed by atoms with Crippen molar-refractivity contribution >= 4 is 5.69 Å². The third-order valence-corrected chi connectivity index (χ3v) is 1.48. The molecule has 0 bridgehead atoms. The van der Waals surface area contributed by atoms with Crippen LogP contribution in [0.2, 0.25) is 0 Å². The zero-order chi connectivity index (χ0) is 8.81. The Balaban J connectivity index is 2.60. The molecule has 0 saturated carbocycles. The van der Waals surface area contributed by atoms with Gasteiger partial charge in [-0.25, -0.2) is 0 Å². The average molecular weight is 161 g/mol. The summed E-state index contributed by atoms with van der Waals surface area (Å²) in [7, 11) is 1.64.